The molecule has 1 aromatic rings. The third-order valence-electron chi connectivity index (χ3n) is 6.29. The number of β-lactam (4-membered cyclic amide) rings is 1. The summed E-state index contributed by atoms with van der Waals surface area (Å²) >= 11 is 0. The average Bonchev–Trinajstić information content (AvgIpc) is 2.90. The number of hydrogen-bond donors (Lipinski definition) is 1. The molecule has 0 aromatic heterocycles. The molecule has 10 nitrogen and oxygen atoms in total. The number of fused-ring (bicyclic) bond motifs is 1. The number of esters is 1. The quantitative estimate of drug-likeness (QED) is 0.254. The SMILES string of the molecule is COc1ccc(S(=O)(=O)NCCCC(F)(F)CCOC(=O)[C@@H]2N3C(=O)C[C@H]3S(=O)(=O)C2(C)C)cc1. The topological polar surface area (TPSA) is 136 Å². The Hall–Kier alpha value is -2.32. The van der Waals surface area contributed by atoms with Gasteiger partial charge in [0.1, 0.15) is 17.2 Å². The van der Waals surface area contributed by atoms with E-state index in [1.165, 1.54) is 45.2 Å². The van der Waals surface area contributed by atoms with Gasteiger partial charge in [-0.25, -0.2) is 35.1 Å². The van der Waals surface area contributed by atoms with Gasteiger partial charge in [0, 0.05) is 19.4 Å². The number of nitrogens with zero attached hydrogens (tertiary/aromatic N) is 1. The first kappa shape index (κ1) is 27.3. The summed E-state index contributed by atoms with van der Waals surface area (Å²) < 4.78 is 88.5. The highest BCUT2D eigenvalue weighted by Crippen LogP contribution is 2.46. The van der Waals surface area contributed by atoms with Gasteiger partial charge in [0.25, 0.3) is 5.92 Å². The number of benzene rings is 1. The van der Waals surface area contributed by atoms with Crippen LogP contribution < -0.4 is 9.46 Å². The third-order valence-corrected chi connectivity index (χ3v) is 10.6. The van der Waals surface area contributed by atoms with Crippen molar-refractivity contribution in [3.05, 3.63) is 24.3 Å². The molecule has 0 spiro atoms. The molecule has 1 amide bonds. The van der Waals surface area contributed by atoms with Crippen molar-refractivity contribution in [2.24, 2.45) is 0 Å². The summed E-state index contributed by atoms with van der Waals surface area (Å²) in [6, 6.07) is 4.20. The highest BCUT2D eigenvalue weighted by Gasteiger charge is 2.68. The van der Waals surface area contributed by atoms with E-state index >= 15 is 0 Å². The summed E-state index contributed by atoms with van der Waals surface area (Å²) in [5, 5.41) is -1.09. The van der Waals surface area contributed by atoms with Crippen LogP contribution in [-0.4, -0.2) is 76.0 Å². The number of carbonyl (C=O) groups is 2. The van der Waals surface area contributed by atoms with Crippen LogP contribution in [0, 0.1) is 0 Å². The van der Waals surface area contributed by atoms with E-state index < -0.39 is 73.3 Å². The summed E-state index contributed by atoms with van der Waals surface area (Å²) in [5.41, 5.74) is 0. The zero-order valence-corrected chi connectivity index (χ0v) is 21.1. The van der Waals surface area contributed by atoms with Crippen molar-refractivity contribution in [3.63, 3.8) is 0 Å². The van der Waals surface area contributed by atoms with Crippen LogP contribution in [0.3, 0.4) is 0 Å². The summed E-state index contributed by atoms with van der Waals surface area (Å²) in [6.45, 7) is 1.71. The van der Waals surface area contributed by atoms with Crippen molar-refractivity contribution in [3.8, 4) is 5.75 Å². The largest absolute Gasteiger partial charge is 0.497 e. The van der Waals surface area contributed by atoms with Crippen LogP contribution in [0.15, 0.2) is 29.2 Å². The molecule has 2 heterocycles. The molecule has 0 aliphatic carbocycles. The lowest BCUT2D eigenvalue weighted by molar-refractivity contribution is -0.162. The predicted molar refractivity (Wildman–Crippen MR) is 120 cm³/mol. The van der Waals surface area contributed by atoms with Crippen molar-refractivity contribution >= 4 is 31.7 Å². The zero-order valence-electron chi connectivity index (χ0n) is 19.5. The fourth-order valence-electron chi connectivity index (χ4n) is 4.11. The van der Waals surface area contributed by atoms with Crippen LogP contribution in [0.25, 0.3) is 0 Å². The number of hydrogen-bond acceptors (Lipinski definition) is 8. The van der Waals surface area contributed by atoms with Crippen LogP contribution >= 0.6 is 0 Å². The van der Waals surface area contributed by atoms with Gasteiger partial charge in [0.05, 0.1) is 29.8 Å². The lowest BCUT2D eigenvalue weighted by Crippen LogP contribution is -2.57. The van der Waals surface area contributed by atoms with Gasteiger partial charge in [-0.1, -0.05) is 0 Å². The van der Waals surface area contributed by atoms with Gasteiger partial charge >= 0.3 is 5.97 Å². The van der Waals surface area contributed by atoms with Gasteiger partial charge in [-0.05, 0) is 44.5 Å². The second-order valence-electron chi connectivity index (χ2n) is 8.96. The Morgan fingerprint density at radius 2 is 1.86 bits per heavy atom. The van der Waals surface area contributed by atoms with Crippen LogP contribution in [0.2, 0.25) is 0 Å². The normalized spacial score (nSPS) is 22.9. The highest BCUT2D eigenvalue weighted by atomic mass is 32.2. The first-order valence-electron chi connectivity index (χ1n) is 10.9. The van der Waals surface area contributed by atoms with Gasteiger partial charge in [0.2, 0.25) is 15.9 Å². The van der Waals surface area contributed by atoms with Gasteiger partial charge < -0.3 is 14.4 Å². The van der Waals surface area contributed by atoms with E-state index in [9.17, 15) is 35.2 Å². The van der Waals surface area contributed by atoms with Crippen molar-refractivity contribution in [1.29, 1.82) is 0 Å². The molecule has 1 aromatic carbocycles. The van der Waals surface area contributed by atoms with Crippen molar-refractivity contribution in [2.45, 2.75) is 66.5 Å². The molecule has 0 bridgehead atoms. The highest BCUT2D eigenvalue weighted by molar-refractivity contribution is 7.93. The molecule has 2 fully saturated rings. The van der Waals surface area contributed by atoms with Crippen molar-refractivity contribution < 1.29 is 44.7 Å². The van der Waals surface area contributed by atoms with E-state index in [0.29, 0.717) is 5.75 Å². The van der Waals surface area contributed by atoms with E-state index in [1.54, 1.807) is 0 Å². The molecule has 0 radical (unpaired) electrons. The zero-order chi connectivity index (χ0) is 26.2. The summed E-state index contributed by atoms with van der Waals surface area (Å²) in [7, 11) is -6.24. The van der Waals surface area contributed by atoms with Gasteiger partial charge in [0.15, 0.2) is 9.84 Å². The third kappa shape index (κ3) is 5.28. The first-order chi connectivity index (χ1) is 16.1. The maximum atomic E-state index is 14.2. The smallest absolute Gasteiger partial charge is 0.330 e. The summed E-state index contributed by atoms with van der Waals surface area (Å²) in [4.78, 5) is 25.3. The van der Waals surface area contributed by atoms with Crippen LogP contribution in [0.5, 0.6) is 5.75 Å². The molecule has 2 aliphatic heterocycles. The second kappa shape index (κ2) is 9.62. The number of rotatable bonds is 11. The van der Waals surface area contributed by atoms with E-state index in [1.807, 2.05) is 0 Å². The monoisotopic (exact) mass is 538 g/mol. The number of ether oxygens (including phenoxy) is 2. The molecule has 196 valence electrons. The number of halogens is 2. The Morgan fingerprint density at radius 1 is 1.23 bits per heavy atom. The summed E-state index contributed by atoms with van der Waals surface area (Å²) in [6.07, 6.45) is -1.88. The number of sulfone groups is 1. The van der Waals surface area contributed by atoms with E-state index in [4.69, 9.17) is 9.47 Å². The fourth-order valence-corrected chi connectivity index (χ4v) is 7.30. The minimum Gasteiger partial charge on any atom is -0.497 e. The van der Waals surface area contributed by atoms with Crippen LogP contribution in [0.1, 0.15) is 39.5 Å². The van der Waals surface area contributed by atoms with Crippen molar-refractivity contribution in [2.75, 3.05) is 20.3 Å². The Labute approximate surface area is 202 Å². The molecular formula is C21H28F2N2O8S2. The molecule has 1 N–H and O–H groups in total. The van der Waals surface area contributed by atoms with E-state index in [-0.39, 0.29) is 24.3 Å². The molecule has 35 heavy (non-hydrogen) atoms. The van der Waals surface area contributed by atoms with Gasteiger partial charge in [-0.2, -0.15) is 0 Å². The van der Waals surface area contributed by atoms with Gasteiger partial charge in [-0.3, -0.25) is 4.79 Å². The number of carbonyl (C=O) groups excluding carboxylic acids is 2. The lowest BCUT2D eigenvalue weighted by atomic mass is 9.98. The Balaban J connectivity index is 1.45. The second-order valence-corrected chi connectivity index (χ2v) is 13.4. The standard InChI is InChI=1S/C21H28F2N2O8S2/c1-20(2)18(25-16(26)13-17(25)34(20,28)29)19(27)33-12-10-21(22,23)9-4-11-24-35(30,31)15-7-5-14(32-3)6-8-15/h5-8,17-18,24H,4,9-13H2,1-3H3/t17-,18+/m1/s1. The minimum absolute atomic E-state index is 0.0308. The molecule has 2 atom stereocenters. The fraction of sp³-hybridized carbons (Fsp3) is 0.619. The first-order valence-corrected chi connectivity index (χ1v) is 13.9. The minimum atomic E-state index is -3.87. The Kier molecular flexibility index (Phi) is 7.49. The molecular weight excluding hydrogens is 510 g/mol. The van der Waals surface area contributed by atoms with Gasteiger partial charge in [-0.15, -0.1) is 0 Å². The number of nitrogens with one attached hydrogen (secondary N) is 1. The van der Waals surface area contributed by atoms with Crippen molar-refractivity contribution in [1.82, 2.24) is 9.62 Å². The number of alkyl halides is 2. The van der Waals surface area contributed by atoms with Crippen LogP contribution in [-0.2, 0) is 34.2 Å². The lowest BCUT2D eigenvalue weighted by Gasteiger charge is -2.36. The van der Waals surface area contributed by atoms with Crippen LogP contribution in [0.4, 0.5) is 8.78 Å². The number of amides is 1. The predicted octanol–water partition coefficient (Wildman–Crippen LogP) is 1.46. The van der Waals surface area contributed by atoms with E-state index in [2.05, 4.69) is 4.72 Å². The Bertz CT molecular complexity index is 1180. The molecule has 2 aliphatic rings. The molecule has 14 heteroatoms. The maximum Gasteiger partial charge on any atom is 0.330 e. The average molecular weight is 539 g/mol. The van der Waals surface area contributed by atoms with E-state index in [0.717, 1.165) is 4.90 Å². The Morgan fingerprint density at radius 3 is 2.43 bits per heavy atom. The molecule has 0 saturated carbocycles. The summed E-state index contributed by atoms with van der Waals surface area (Å²) in [5.74, 6) is -4.33. The maximum absolute atomic E-state index is 14.2. The molecule has 2 saturated heterocycles. The molecule has 3 rings (SSSR count). The number of methoxy groups -OCH3 is 1. The number of sulfonamides is 1. The molecule has 0 unspecified atom stereocenters.